The first-order valence-electron chi connectivity index (χ1n) is 35.2. The fraction of sp³-hybridized carbons (Fsp3) is 0.939. The van der Waals surface area contributed by atoms with Crippen LogP contribution >= 0.6 is 0 Å². The highest BCUT2D eigenvalue weighted by atomic mass is 16.8. The van der Waals surface area contributed by atoms with E-state index in [1.807, 2.05) is 6.92 Å². The van der Waals surface area contributed by atoms with E-state index in [4.69, 9.17) is 71.1 Å². The van der Waals surface area contributed by atoms with E-state index in [1.165, 1.54) is 69.4 Å². The van der Waals surface area contributed by atoms with Crippen LogP contribution in [0.2, 0.25) is 0 Å². The van der Waals surface area contributed by atoms with Crippen molar-refractivity contribution in [3.8, 4) is 0 Å². The molecular formula is C66H114O35. The highest BCUT2D eigenvalue weighted by Crippen LogP contribution is 2.39. The van der Waals surface area contributed by atoms with Crippen LogP contribution in [0.25, 0.3) is 0 Å². The van der Waals surface area contributed by atoms with Crippen molar-refractivity contribution >= 4 is 23.9 Å². The van der Waals surface area contributed by atoms with Gasteiger partial charge in [-0.3, -0.25) is 19.2 Å². The van der Waals surface area contributed by atoms with Crippen LogP contribution in [-0.4, -0.2) is 329 Å². The molecule has 6 fully saturated rings. The molecule has 0 amide bonds. The summed E-state index contributed by atoms with van der Waals surface area (Å²) in [5.41, 5.74) is 0. The van der Waals surface area contributed by atoms with Gasteiger partial charge in [-0.2, -0.15) is 0 Å². The normalized spacial score (nSPS) is 41.4. The third kappa shape index (κ3) is 22.5. The molecule has 35 heteroatoms. The molecule has 0 saturated carbocycles. The summed E-state index contributed by atoms with van der Waals surface area (Å²) >= 11 is 0. The number of rotatable bonds is 35. The molecule has 0 spiro atoms. The summed E-state index contributed by atoms with van der Waals surface area (Å²) in [5, 5.41) is 167. The Hall–Kier alpha value is -3.20. The Morgan fingerprint density at radius 1 is 0.436 bits per heavy atom. The lowest BCUT2D eigenvalue weighted by atomic mass is 9.95. The monoisotopic (exact) mass is 1470 g/mol. The molecule has 6 saturated heterocycles. The van der Waals surface area contributed by atoms with Gasteiger partial charge in [0.1, 0.15) is 116 Å². The van der Waals surface area contributed by atoms with Gasteiger partial charge in [0.25, 0.3) is 0 Å². The van der Waals surface area contributed by atoms with E-state index in [-0.39, 0.29) is 12.8 Å². The Bertz CT molecular complexity index is 2490. The molecule has 6 aliphatic rings. The van der Waals surface area contributed by atoms with Gasteiger partial charge >= 0.3 is 23.9 Å². The van der Waals surface area contributed by atoms with E-state index in [9.17, 15) is 95.8 Å². The molecule has 0 bridgehead atoms. The number of unbranched alkanes of at least 4 members (excludes halogenated alkanes) is 4. The first kappa shape index (κ1) is 86.7. The zero-order valence-electron chi connectivity index (χ0n) is 59.4. The molecule has 0 radical (unpaired) electrons. The van der Waals surface area contributed by atoms with Crippen molar-refractivity contribution in [2.45, 2.75) is 355 Å². The van der Waals surface area contributed by atoms with Crippen molar-refractivity contribution in [1.82, 2.24) is 0 Å². The number of hydrogen-bond acceptors (Lipinski definition) is 35. The van der Waals surface area contributed by atoms with Crippen LogP contribution in [0.5, 0.6) is 0 Å². The Balaban J connectivity index is 1.28. The van der Waals surface area contributed by atoms with Crippen LogP contribution in [0, 0.1) is 17.8 Å². The molecule has 6 heterocycles. The third-order valence-electron chi connectivity index (χ3n) is 19.8. The van der Waals surface area contributed by atoms with Crippen molar-refractivity contribution in [1.29, 1.82) is 0 Å². The highest BCUT2D eigenvalue weighted by Gasteiger charge is 2.59. The smallest absolute Gasteiger partial charge is 0.312 e. The highest BCUT2D eigenvalue weighted by molar-refractivity contribution is 5.76. The number of ether oxygens (including phenoxy) is 16. The van der Waals surface area contributed by atoms with Gasteiger partial charge in [0, 0.05) is 0 Å². The molecule has 0 aromatic carbocycles. The lowest BCUT2D eigenvalue weighted by Crippen LogP contribution is -2.68. The molecule has 0 unspecified atom stereocenters. The summed E-state index contributed by atoms with van der Waals surface area (Å²) < 4.78 is 95.8. The number of esters is 4. The van der Waals surface area contributed by atoms with Gasteiger partial charge in [-0.05, 0) is 81.1 Å². The molecule has 6 aliphatic heterocycles. The standard InChI is InChI=1S/C66H114O35/c1-13-20-36(22-19-17-15-16-18-21-35(69)23-39(70)86-12)93-65-55(47(78)43(74)38(95-65)25-87-61-48(79)44(75)40(71)31(8)89-61)101-66-56(46(77)42(73)37(24-67)94-66)100-64-57(97-58(83)26(3)14-2)50(81)52(33(10)92-64)98-63-51(82)54(99-62-49(80)45(76)41(72)32(9)90-62)53(34(11)91-63)96-60(85)28(5)30(7)88-59(84)27(4)29(6)68/h26-38,40-57,61-69,71-82H,13-25H2,1-12H3/t26-,27+,28+,29+,30+,31-,32-,33-,34+,35-,36-,37+,38+,40-,41-,42+,43+,44+,45+,46-,47-,48+,49+,50+,51+,52-,53+,54+,55+,56+,57+,61+,62-,63-,64-,65+,66-/m0/s1. The van der Waals surface area contributed by atoms with Crippen LogP contribution < -0.4 is 0 Å². The minimum atomic E-state index is -2.12. The molecule has 0 aliphatic carbocycles. The van der Waals surface area contributed by atoms with E-state index in [0.717, 1.165) is 12.8 Å². The number of aliphatic hydroxyl groups excluding tert-OH is 15. The maximum Gasteiger partial charge on any atom is 0.312 e. The van der Waals surface area contributed by atoms with Crippen molar-refractivity contribution in [2.75, 3.05) is 20.3 Å². The second-order valence-corrected chi connectivity index (χ2v) is 27.6. The zero-order valence-corrected chi connectivity index (χ0v) is 59.4. The lowest BCUT2D eigenvalue weighted by molar-refractivity contribution is -0.403. The second kappa shape index (κ2) is 40.1. The first-order chi connectivity index (χ1) is 47.6. The maximum atomic E-state index is 13.9. The van der Waals surface area contributed by atoms with Crippen LogP contribution in [0.4, 0.5) is 0 Å². The van der Waals surface area contributed by atoms with Crippen LogP contribution in [0.1, 0.15) is 147 Å². The molecule has 15 N–H and O–H groups in total. The van der Waals surface area contributed by atoms with E-state index in [0.29, 0.717) is 44.9 Å². The van der Waals surface area contributed by atoms with E-state index in [2.05, 4.69) is 4.74 Å². The lowest BCUT2D eigenvalue weighted by Gasteiger charge is -2.50. The Morgan fingerprint density at radius 3 is 1.50 bits per heavy atom. The van der Waals surface area contributed by atoms with E-state index in [1.54, 1.807) is 6.92 Å². The van der Waals surface area contributed by atoms with Gasteiger partial charge < -0.3 is 152 Å². The molecule has 101 heavy (non-hydrogen) atoms. The zero-order chi connectivity index (χ0) is 75.2. The third-order valence-corrected chi connectivity index (χ3v) is 19.8. The molecule has 588 valence electrons. The summed E-state index contributed by atoms with van der Waals surface area (Å²) in [6.07, 6.45) is -51.1. The average molecular weight is 1470 g/mol. The van der Waals surface area contributed by atoms with Gasteiger partial charge in [-0.1, -0.05) is 59.3 Å². The number of aliphatic hydroxyl groups is 15. The fourth-order valence-electron chi connectivity index (χ4n) is 12.4. The minimum Gasteiger partial charge on any atom is -0.469 e. The number of carbonyl (C=O) groups excluding carboxylic acids is 4. The van der Waals surface area contributed by atoms with Crippen molar-refractivity contribution in [3.05, 3.63) is 0 Å². The van der Waals surface area contributed by atoms with Crippen molar-refractivity contribution in [3.63, 3.8) is 0 Å². The first-order valence-corrected chi connectivity index (χ1v) is 35.2. The molecule has 0 aromatic heterocycles. The number of methoxy groups -OCH3 is 1. The average Bonchev–Trinajstić information content (AvgIpc) is 0.773. The summed E-state index contributed by atoms with van der Waals surface area (Å²) in [7, 11) is 1.24. The molecular weight excluding hydrogens is 1350 g/mol. The molecule has 6 rings (SSSR count). The van der Waals surface area contributed by atoms with Gasteiger partial charge in [0.15, 0.2) is 49.9 Å². The quantitative estimate of drug-likeness (QED) is 0.0167. The predicted molar refractivity (Wildman–Crippen MR) is 339 cm³/mol. The molecule has 35 nitrogen and oxygen atoms in total. The topological polar surface area (TPSA) is 519 Å². The summed E-state index contributed by atoms with van der Waals surface area (Å²) in [5.74, 6) is -6.29. The van der Waals surface area contributed by atoms with Crippen LogP contribution in [0.3, 0.4) is 0 Å². The second-order valence-electron chi connectivity index (χ2n) is 27.6. The number of carbonyl (C=O) groups is 4. The van der Waals surface area contributed by atoms with E-state index >= 15 is 0 Å². The summed E-state index contributed by atoms with van der Waals surface area (Å²) in [6.45, 7) is 14.6. The largest absolute Gasteiger partial charge is 0.469 e. The van der Waals surface area contributed by atoms with Gasteiger partial charge in [-0.15, -0.1) is 0 Å². The molecule has 37 atom stereocenters. The van der Waals surface area contributed by atoms with Crippen molar-refractivity contribution < 1.29 is 172 Å². The van der Waals surface area contributed by atoms with Crippen LogP contribution in [-0.2, 0) is 95.0 Å². The van der Waals surface area contributed by atoms with Gasteiger partial charge in [0.2, 0.25) is 0 Å². The Morgan fingerprint density at radius 2 is 0.921 bits per heavy atom. The Labute approximate surface area is 587 Å². The fourth-order valence-corrected chi connectivity index (χ4v) is 12.4. The Kier molecular flexibility index (Phi) is 34.4. The predicted octanol–water partition coefficient (Wildman–Crippen LogP) is -3.41. The molecule has 0 aromatic rings. The van der Waals surface area contributed by atoms with Crippen LogP contribution in [0.15, 0.2) is 0 Å². The van der Waals surface area contributed by atoms with E-state index < -0.39 is 263 Å². The van der Waals surface area contributed by atoms with Gasteiger partial charge in [0.05, 0.1) is 87.2 Å². The van der Waals surface area contributed by atoms with Crippen molar-refractivity contribution in [2.24, 2.45) is 17.8 Å². The number of hydrogen-bond donors (Lipinski definition) is 15. The SMILES string of the molecule is CCC[C@@H](CCCCCCC[C@H](O)CC(=O)OC)O[C@@H]1O[C@H](CO[C@@H]2O[C@@H](C)[C@H](O)[C@@H](O)[C@H]2O)[C@@H](O)[C@H](O)[C@H]1O[C@@H]1O[C@H](CO)[C@@H](O)[C@H](O)[C@H]1O[C@@H]1O[C@@H](C)[C@H](O[C@@H]2O[C@H](C)[C@@H](OC(=O)[C@H](C)[C@@H](C)OC(=O)[C@H](C)[C@@H](C)O)[C@H](O[C@@H]3O[C@@H](C)[C@H](O)[C@@H](O)[C@H]3O)[C@H]2O)[C@@H](O)[C@H]1OC(=O)[C@@H](C)CC. The maximum absolute atomic E-state index is 13.9. The minimum absolute atomic E-state index is 0.123. The summed E-state index contributed by atoms with van der Waals surface area (Å²) in [4.78, 5) is 52.2. The summed E-state index contributed by atoms with van der Waals surface area (Å²) in [6, 6.07) is 0. The van der Waals surface area contributed by atoms with Gasteiger partial charge in [-0.25, -0.2) is 0 Å².